The lowest BCUT2D eigenvalue weighted by Crippen LogP contribution is -2.11. The Hall–Kier alpha value is -5.28. The molecule has 0 aromatic heterocycles. The van der Waals surface area contributed by atoms with Crippen LogP contribution in [-0.4, -0.2) is 38.4 Å². The molecule has 5 rings (SSSR count). The van der Waals surface area contributed by atoms with Crippen molar-refractivity contribution < 1.29 is 38.0 Å². The predicted octanol–water partition coefficient (Wildman–Crippen LogP) is 9.35. The van der Waals surface area contributed by atoms with E-state index >= 15 is 0 Å². The molecule has 9 heteroatoms. The summed E-state index contributed by atoms with van der Waals surface area (Å²) < 4.78 is 35.0. The molecule has 0 unspecified atom stereocenters. The van der Waals surface area contributed by atoms with E-state index in [1.54, 1.807) is 19.9 Å². The van der Waals surface area contributed by atoms with Crippen molar-refractivity contribution >= 4 is 49.4 Å². The van der Waals surface area contributed by atoms with Crippen LogP contribution in [0.2, 0.25) is 0 Å². The van der Waals surface area contributed by atoms with Gasteiger partial charge in [-0.15, -0.1) is 0 Å². The van der Waals surface area contributed by atoms with E-state index < -0.39 is 11.9 Å². The van der Waals surface area contributed by atoms with Gasteiger partial charge in [0.1, 0.15) is 24.0 Å². The summed E-state index contributed by atoms with van der Waals surface area (Å²) in [6.45, 7) is 4.27. The van der Waals surface area contributed by atoms with Gasteiger partial charge in [0.15, 0.2) is 11.5 Å². The normalized spacial score (nSPS) is 11.7. The fourth-order valence-electron chi connectivity index (χ4n) is 4.75. The van der Waals surface area contributed by atoms with Crippen LogP contribution in [0, 0.1) is 0 Å². The molecule has 49 heavy (non-hydrogen) atoms. The standard InChI is InChI=1S/C40H37BrO8/c1-28(26-48-35-17-7-13-30-11-3-5-15-33(30)35)39(42)46-23-9-21-44-37-20-19-32(41)25-38(37)45-22-10-24-47-40(43)29(2)27-49-36-18-8-14-31-12-4-6-16-34(31)36/h3-8,11-20,25-27H,9-10,21-24H2,1-2H3. The van der Waals surface area contributed by atoms with E-state index in [4.69, 9.17) is 28.4 Å². The molecular formula is C40H37BrO8. The molecule has 252 valence electrons. The van der Waals surface area contributed by atoms with Crippen molar-refractivity contribution in [2.24, 2.45) is 0 Å². The minimum absolute atomic E-state index is 0.175. The predicted molar refractivity (Wildman–Crippen MR) is 193 cm³/mol. The van der Waals surface area contributed by atoms with Gasteiger partial charge in [-0.25, -0.2) is 9.59 Å². The number of carbonyl (C=O) groups is 2. The number of halogens is 1. The molecule has 0 bridgehead atoms. The lowest BCUT2D eigenvalue weighted by atomic mass is 10.1. The van der Waals surface area contributed by atoms with Gasteiger partial charge in [0, 0.05) is 28.1 Å². The zero-order valence-corrected chi connectivity index (χ0v) is 28.9. The summed E-state index contributed by atoms with van der Waals surface area (Å²) >= 11 is 3.46. The van der Waals surface area contributed by atoms with Crippen molar-refractivity contribution in [2.45, 2.75) is 26.7 Å². The van der Waals surface area contributed by atoms with Crippen LogP contribution in [0.15, 0.2) is 131 Å². The second-order valence-corrected chi connectivity index (χ2v) is 12.0. The highest BCUT2D eigenvalue weighted by atomic mass is 79.9. The molecule has 8 nitrogen and oxygen atoms in total. The van der Waals surface area contributed by atoms with Crippen LogP contribution in [0.5, 0.6) is 23.0 Å². The first kappa shape index (κ1) is 35.0. The molecule has 0 saturated carbocycles. The van der Waals surface area contributed by atoms with E-state index in [9.17, 15) is 9.59 Å². The number of rotatable bonds is 16. The third-order valence-corrected chi connectivity index (χ3v) is 7.83. The highest BCUT2D eigenvalue weighted by molar-refractivity contribution is 9.10. The minimum atomic E-state index is -0.463. The summed E-state index contributed by atoms with van der Waals surface area (Å²) in [6.07, 6.45) is 3.77. The average molecular weight is 726 g/mol. The van der Waals surface area contributed by atoms with E-state index in [1.807, 2.05) is 97.1 Å². The Bertz CT molecular complexity index is 1950. The van der Waals surface area contributed by atoms with Gasteiger partial charge in [-0.1, -0.05) is 88.7 Å². The van der Waals surface area contributed by atoms with Crippen molar-refractivity contribution in [3.63, 3.8) is 0 Å². The first-order valence-electron chi connectivity index (χ1n) is 15.9. The smallest absolute Gasteiger partial charge is 0.336 e. The maximum Gasteiger partial charge on any atom is 0.336 e. The maximum absolute atomic E-state index is 12.5. The van der Waals surface area contributed by atoms with Gasteiger partial charge in [-0.2, -0.15) is 0 Å². The summed E-state index contributed by atoms with van der Waals surface area (Å²) in [6, 6.07) is 32.7. The monoisotopic (exact) mass is 724 g/mol. The highest BCUT2D eigenvalue weighted by Gasteiger charge is 2.11. The lowest BCUT2D eigenvalue weighted by molar-refractivity contribution is -0.140. The van der Waals surface area contributed by atoms with Crippen LogP contribution in [0.1, 0.15) is 26.7 Å². The second-order valence-electron chi connectivity index (χ2n) is 11.1. The molecule has 0 atom stereocenters. The van der Waals surface area contributed by atoms with Crippen molar-refractivity contribution in [2.75, 3.05) is 26.4 Å². The van der Waals surface area contributed by atoms with Crippen molar-refractivity contribution in [3.05, 3.63) is 131 Å². The molecule has 0 radical (unpaired) electrons. The van der Waals surface area contributed by atoms with E-state index in [0.29, 0.717) is 60.2 Å². The largest absolute Gasteiger partial charge is 0.490 e. The molecule has 0 N–H and O–H groups in total. The fourth-order valence-corrected chi connectivity index (χ4v) is 5.09. The number of hydrogen-bond acceptors (Lipinski definition) is 8. The van der Waals surface area contributed by atoms with Crippen LogP contribution in [-0.2, 0) is 19.1 Å². The molecule has 0 heterocycles. The molecule has 5 aromatic rings. The first-order chi connectivity index (χ1) is 23.9. The molecule has 0 aliphatic heterocycles. The Morgan fingerprint density at radius 2 is 1.02 bits per heavy atom. The van der Waals surface area contributed by atoms with Gasteiger partial charge in [0.05, 0.1) is 37.6 Å². The SMILES string of the molecule is CC(=COc1cccc2ccccc12)C(=O)OCCCOc1ccc(Br)cc1OCCCOC(=O)C(C)=COc1cccc2ccccc12. The number of benzene rings is 5. The molecule has 0 amide bonds. The summed E-state index contributed by atoms with van der Waals surface area (Å²) in [4.78, 5) is 24.9. The number of esters is 2. The molecule has 0 fully saturated rings. The van der Waals surface area contributed by atoms with Crippen molar-refractivity contribution in [1.29, 1.82) is 0 Å². The quantitative estimate of drug-likeness (QED) is 0.0431. The Morgan fingerprint density at radius 3 is 1.55 bits per heavy atom. The Balaban J connectivity index is 1.00. The van der Waals surface area contributed by atoms with Gasteiger partial charge in [-0.05, 0) is 55.0 Å². The molecule has 0 saturated heterocycles. The van der Waals surface area contributed by atoms with Crippen molar-refractivity contribution in [1.82, 2.24) is 0 Å². The number of carbonyl (C=O) groups excluding carboxylic acids is 2. The third-order valence-electron chi connectivity index (χ3n) is 7.33. The summed E-state index contributed by atoms with van der Waals surface area (Å²) in [7, 11) is 0. The van der Waals surface area contributed by atoms with Crippen molar-refractivity contribution in [3.8, 4) is 23.0 Å². The van der Waals surface area contributed by atoms with Crippen LogP contribution in [0.25, 0.3) is 21.5 Å². The third kappa shape index (κ3) is 10.1. The van der Waals surface area contributed by atoms with Crippen LogP contribution >= 0.6 is 15.9 Å². The zero-order valence-electron chi connectivity index (χ0n) is 27.4. The fraction of sp³-hybridized carbons (Fsp3) is 0.200. The molecule has 0 aliphatic carbocycles. The molecule has 0 spiro atoms. The summed E-state index contributed by atoms with van der Waals surface area (Å²) in [5.41, 5.74) is 0.700. The average Bonchev–Trinajstić information content (AvgIpc) is 3.13. The Morgan fingerprint density at radius 1 is 0.551 bits per heavy atom. The summed E-state index contributed by atoms with van der Waals surface area (Å²) in [5, 5.41) is 4.02. The minimum Gasteiger partial charge on any atom is -0.490 e. The van der Waals surface area contributed by atoms with Gasteiger partial charge < -0.3 is 28.4 Å². The van der Waals surface area contributed by atoms with E-state index in [-0.39, 0.29) is 13.2 Å². The van der Waals surface area contributed by atoms with Crippen LogP contribution in [0.3, 0.4) is 0 Å². The molecule has 0 aliphatic rings. The maximum atomic E-state index is 12.5. The first-order valence-corrected chi connectivity index (χ1v) is 16.7. The van der Waals surface area contributed by atoms with Gasteiger partial charge >= 0.3 is 11.9 Å². The van der Waals surface area contributed by atoms with Gasteiger partial charge in [0.25, 0.3) is 0 Å². The number of fused-ring (bicyclic) bond motifs is 2. The molecule has 5 aromatic carbocycles. The van der Waals surface area contributed by atoms with E-state index in [1.165, 1.54) is 12.5 Å². The van der Waals surface area contributed by atoms with E-state index in [2.05, 4.69) is 15.9 Å². The molecular weight excluding hydrogens is 688 g/mol. The van der Waals surface area contributed by atoms with E-state index in [0.717, 1.165) is 26.0 Å². The highest BCUT2D eigenvalue weighted by Crippen LogP contribution is 2.31. The van der Waals surface area contributed by atoms with Gasteiger partial charge in [-0.3, -0.25) is 0 Å². The second kappa shape index (κ2) is 17.8. The van der Waals surface area contributed by atoms with Gasteiger partial charge in [0.2, 0.25) is 0 Å². The lowest BCUT2D eigenvalue weighted by Gasteiger charge is -2.13. The number of hydrogen-bond donors (Lipinski definition) is 0. The Kier molecular flexibility index (Phi) is 12.7. The number of ether oxygens (including phenoxy) is 6. The summed E-state index contributed by atoms with van der Waals surface area (Å²) in [5.74, 6) is 1.50. The topological polar surface area (TPSA) is 89.5 Å². The zero-order chi connectivity index (χ0) is 34.4. The Labute approximate surface area is 294 Å². The van der Waals surface area contributed by atoms with Crippen LogP contribution in [0.4, 0.5) is 0 Å². The van der Waals surface area contributed by atoms with Crippen LogP contribution < -0.4 is 18.9 Å².